The van der Waals surface area contributed by atoms with Crippen molar-refractivity contribution in [1.82, 2.24) is 4.90 Å². The number of terminal acetylenes is 2. The molecule has 0 fully saturated rings. The number of halogens is 1. The van der Waals surface area contributed by atoms with E-state index < -0.39 is 0 Å². The van der Waals surface area contributed by atoms with E-state index in [9.17, 15) is 0 Å². The summed E-state index contributed by atoms with van der Waals surface area (Å²) in [6.45, 7) is 2.18. The first-order valence-corrected chi connectivity index (χ1v) is 4.12. The number of rotatable bonds is 4. The molecule has 0 amide bonds. The largest absolute Gasteiger partial charge is 0.280 e. The Hall–Kier alpha value is -0.440. The Kier molecular flexibility index (Phi) is 6.38. The van der Waals surface area contributed by atoms with Gasteiger partial charge in [-0.25, -0.2) is 0 Å². The summed E-state index contributed by atoms with van der Waals surface area (Å²) < 4.78 is 0. The summed E-state index contributed by atoms with van der Waals surface area (Å²) in [5.74, 6) is 5.09. The lowest BCUT2D eigenvalue weighted by molar-refractivity contribution is 0.370. The summed E-state index contributed by atoms with van der Waals surface area (Å²) in [6.07, 6.45) is 10.2. The second-order valence-corrected chi connectivity index (χ2v) is 2.60. The summed E-state index contributed by atoms with van der Waals surface area (Å²) in [7, 11) is 0. The molecule has 0 saturated heterocycles. The van der Waals surface area contributed by atoms with Gasteiger partial charge in [-0.05, 0) is 0 Å². The predicted octanol–water partition coefficient (Wildman–Crippen LogP) is 0.950. The third kappa shape index (κ3) is 4.44. The van der Waals surface area contributed by atoms with Gasteiger partial charge in [0, 0.05) is 11.9 Å². The van der Waals surface area contributed by atoms with Crippen LogP contribution in [0.4, 0.5) is 0 Å². The molecular weight excluding hydrogens is 190 g/mol. The smallest absolute Gasteiger partial charge is 0.0607 e. The molecule has 0 bridgehead atoms. The fraction of sp³-hybridized carbons (Fsp3) is 0.500. The first kappa shape index (κ1) is 9.56. The van der Waals surface area contributed by atoms with Gasteiger partial charge >= 0.3 is 0 Å². The average molecular weight is 200 g/mol. The van der Waals surface area contributed by atoms with Gasteiger partial charge < -0.3 is 0 Å². The molecule has 0 aromatic rings. The molecule has 0 aliphatic carbocycles. The van der Waals surface area contributed by atoms with Crippen LogP contribution in [0.2, 0.25) is 0 Å². The molecule has 0 saturated carbocycles. The van der Waals surface area contributed by atoms with E-state index in [2.05, 4.69) is 27.8 Å². The lowest BCUT2D eigenvalue weighted by Gasteiger charge is -2.13. The molecule has 0 atom stereocenters. The molecule has 0 N–H and O–H groups in total. The van der Waals surface area contributed by atoms with Crippen LogP contribution in [0, 0.1) is 24.7 Å². The van der Waals surface area contributed by atoms with Crippen LogP contribution in [0.5, 0.6) is 0 Å². The standard InChI is InChI=1S/C8H10BrN/c1-3-6-10(7-4-2)8-5-9/h1-2H,5-8H2. The number of alkyl halides is 1. The van der Waals surface area contributed by atoms with Crippen LogP contribution in [-0.4, -0.2) is 29.9 Å². The molecule has 0 aliphatic rings. The normalized spacial score (nSPS) is 8.80. The maximum absolute atomic E-state index is 5.11. The minimum atomic E-state index is 0.635. The van der Waals surface area contributed by atoms with E-state index >= 15 is 0 Å². The van der Waals surface area contributed by atoms with Gasteiger partial charge in [-0.1, -0.05) is 27.8 Å². The van der Waals surface area contributed by atoms with Crippen molar-refractivity contribution in [2.75, 3.05) is 25.0 Å². The van der Waals surface area contributed by atoms with Crippen LogP contribution >= 0.6 is 15.9 Å². The predicted molar refractivity (Wildman–Crippen MR) is 47.9 cm³/mol. The van der Waals surface area contributed by atoms with E-state index in [1.165, 1.54) is 0 Å². The lowest BCUT2D eigenvalue weighted by atomic mass is 10.5. The summed E-state index contributed by atoms with van der Waals surface area (Å²) in [6, 6.07) is 0. The summed E-state index contributed by atoms with van der Waals surface area (Å²) in [5, 5.41) is 0.913. The Morgan fingerprint density at radius 1 is 1.20 bits per heavy atom. The minimum absolute atomic E-state index is 0.635. The van der Waals surface area contributed by atoms with Gasteiger partial charge in [0.25, 0.3) is 0 Å². The molecule has 2 heteroatoms. The lowest BCUT2D eigenvalue weighted by Crippen LogP contribution is -2.26. The molecular formula is C8H10BrN. The Morgan fingerprint density at radius 2 is 1.70 bits per heavy atom. The van der Waals surface area contributed by atoms with E-state index in [1.807, 2.05) is 4.90 Å². The summed E-state index contributed by atoms with van der Waals surface area (Å²) >= 11 is 3.31. The molecule has 0 unspecified atom stereocenters. The summed E-state index contributed by atoms with van der Waals surface area (Å²) in [4.78, 5) is 2.02. The van der Waals surface area contributed by atoms with Crippen LogP contribution in [0.3, 0.4) is 0 Å². The monoisotopic (exact) mass is 199 g/mol. The molecule has 10 heavy (non-hydrogen) atoms. The van der Waals surface area contributed by atoms with Crippen molar-refractivity contribution in [2.24, 2.45) is 0 Å². The molecule has 54 valence electrons. The van der Waals surface area contributed by atoms with Gasteiger partial charge in [-0.2, -0.15) is 0 Å². The van der Waals surface area contributed by atoms with Gasteiger partial charge in [0.2, 0.25) is 0 Å². The highest BCUT2D eigenvalue weighted by Gasteiger charge is 1.97. The van der Waals surface area contributed by atoms with Crippen molar-refractivity contribution in [2.45, 2.75) is 0 Å². The van der Waals surface area contributed by atoms with E-state index in [1.54, 1.807) is 0 Å². The Balaban J connectivity index is 3.54. The zero-order valence-corrected chi connectivity index (χ0v) is 7.39. The number of hydrogen-bond acceptors (Lipinski definition) is 1. The second kappa shape index (κ2) is 6.68. The van der Waals surface area contributed by atoms with Gasteiger partial charge in [0.05, 0.1) is 13.1 Å². The van der Waals surface area contributed by atoms with E-state index in [0.717, 1.165) is 11.9 Å². The highest BCUT2D eigenvalue weighted by Crippen LogP contribution is 1.88. The first-order valence-electron chi connectivity index (χ1n) is 3.00. The van der Waals surface area contributed by atoms with E-state index in [4.69, 9.17) is 12.8 Å². The van der Waals surface area contributed by atoms with Crippen molar-refractivity contribution >= 4 is 15.9 Å². The highest BCUT2D eigenvalue weighted by atomic mass is 79.9. The maximum atomic E-state index is 5.11. The average Bonchev–Trinajstić information content (AvgIpc) is 1.90. The van der Waals surface area contributed by atoms with Gasteiger partial charge in [0.15, 0.2) is 0 Å². The topological polar surface area (TPSA) is 3.24 Å². The maximum Gasteiger partial charge on any atom is 0.0607 e. The molecule has 1 nitrogen and oxygen atoms in total. The van der Waals surface area contributed by atoms with Gasteiger partial charge in [0.1, 0.15) is 0 Å². The number of nitrogens with zero attached hydrogens (tertiary/aromatic N) is 1. The minimum Gasteiger partial charge on any atom is -0.280 e. The molecule has 0 spiro atoms. The molecule has 0 radical (unpaired) electrons. The van der Waals surface area contributed by atoms with Crippen molar-refractivity contribution in [3.05, 3.63) is 0 Å². The van der Waals surface area contributed by atoms with Crippen molar-refractivity contribution < 1.29 is 0 Å². The molecule has 0 aromatic heterocycles. The Morgan fingerprint density at radius 3 is 2.00 bits per heavy atom. The Bertz CT molecular complexity index is 136. The van der Waals surface area contributed by atoms with Crippen LogP contribution in [0.15, 0.2) is 0 Å². The first-order chi connectivity index (χ1) is 4.85. The third-order valence-corrected chi connectivity index (χ3v) is 1.39. The summed E-state index contributed by atoms with van der Waals surface area (Å²) in [5.41, 5.74) is 0. The zero-order valence-electron chi connectivity index (χ0n) is 5.81. The van der Waals surface area contributed by atoms with Gasteiger partial charge in [-0.15, -0.1) is 12.8 Å². The van der Waals surface area contributed by atoms with Crippen molar-refractivity contribution in [3.63, 3.8) is 0 Å². The van der Waals surface area contributed by atoms with Crippen LogP contribution in [0.25, 0.3) is 0 Å². The number of hydrogen-bond donors (Lipinski definition) is 0. The van der Waals surface area contributed by atoms with Gasteiger partial charge in [-0.3, -0.25) is 4.90 Å². The van der Waals surface area contributed by atoms with Crippen molar-refractivity contribution in [1.29, 1.82) is 0 Å². The van der Waals surface area contributed by atoms with Crippen molar-refractivity contribution in [3.8, 4) is 24.7 Å². The molecule has 0 aromatic carbocycles. The fourth-order valence-electron chi connectivity index (χ4n) is 0.592. The quantitative estimate of drug-likeness (QED) is 0.482. The fourth-order valence-corrected chi connectivity index (χ4v) is 1.09. The zero-order chi connectivity index (χ0) is 7.82. The highest BCUT2D eigenvalue weighted by molar-refractivity contribution is 9.09. The second-order valence-electron chi connectivity index (χ2n) is 1.81. The Labute approximate surface area is 70.9 Å². The molecule has 0 aliphatic heterocycles. The SMILES string of the molecule is C#CCN(CC#C)CCBr. The van der Waals surface area contributed by atoms with E-state index in [-0.39, 0.29) is 0 Å². The molecule has 0 heterocycles. The molecule has 0 rings (SSSR count). The third-order valence-electron chi connectivity index (χ3n) is 1.03. The van der Waals surface area contributed by atoms with Crippen LogP contribution in [0.1, 0.15) is 0 Å². The van der Waals surface area contributed by atoms with Crippen LogP contribution < -0.4 is 0 Å². The van der Waals surface area contributed by atoms with Crippen LogP contribution in [-0.2, 0) is 0 Å². The van der Waals surface area contributed by atoms with E-state index in [0.29, 0.717) is 13.1 Å².